The van der Waals surface area contributed by atoms with E-state index in [9.17, 15) is 13.6 Å². The minimum Gasteiger partial charge on any atom is -0.370 e. The molecule has 4 rings (SSSR count). The third kappa shape index (κ3) is 3.04. The number of nitrogens with zero attached hydrogens (tertiary/aromatic N) is 3. The highest BCUT2D eigenvalue weighted by Gasteiger charge is 2.30. The number of carbonyl (C=O) groups excluding carboxylic acids is 1. The van der Waals surface area contributed by atoms with Crippen molar-refractivity contribution in [2.75, 3.05) is 19.7 Å². The standard InChI is InChI=1S/C18H19F2N3O2/c19-12-4-5-13(15(20)9-12)17-11-22(7-8-25-17)18(24)14-10-21-23-6-2-1-3-16(14)23/h4-5,9-10,17H,1-3,6-8,11H2. The third-order valence-electron chi connectivity index (χ3n) is 4.88. The Hall–Kier alpha value is -2.28. The fourth-order valence-corrected chi connectivity index (χ4v) is 3.55. The number of fused-ring (bicyclic) bond motifs is 1. The number of halogens is 2. The van der Waals surface area contributed by atoms with Crippen molar-refractivity contribution < 1.29 is 18.3 Å². The van der Waals surface area contributed by atoms with Gasteiger partial charge in [0.05, 0.1) is 30.6 Å². The maximum Gasteiger partial charge on any atom is 0.257 e. The summed E-state index contributed by atoms with van der Waals surface area (Å²) in [6, 6.07) is 3.43. The summed E-state index contributed by atoms with van der Waals surface area (Å²) in [7, 11) is 0. The number of aromatic nitrogens is 2. The lowest BCUT2D eigenvalue weighted by Crippen LogP contribution is -2.42. The molecule has 2 aliphatic rings. The zero-order valence-electron chi connectivity index (χ0n) is 13.8. The predicted octanol–water partition coefficient (Wildman–Crippen LogP) is 2.71. The molecule has 7 heteroatoms. The first-order chi connectivity index (χ1) is 12.1. The van der Waals surface area contributed by atoms with Gasteiger partial charge in [0, 0.05) is 24.7 Å². The number of hydrogen-bond donors (Lipinski definition) is 0. The molecule has 1 atom stereocenters. The molecule has 0 radical (unpaired) electrons. The van der Waals surface area contributed by atoms with Crippen LogP contribution < -0.4 is 0 Å². The average molecular weight is 347 g/mol. The van der Waals surface area contributed by atoms with Gasteiger partial charge in [0.1, 0.15) is 17.7 Å². The maximum atomic E-state index is 14.0. The normalized spacial score (nSPS) is 20.4. The second-order valence-electron chi connectivity index (χ2n) is 6.46. The van der Waals surface area contributed by atoms with E-state index < -0.39 is 17.7 Å². The van der Waals surface area contributed by atoms with Crippen molar-refractivity contribution in [3.05, 3.63) is 52.9 Å². The molecule has 1 aromatic heterocycles. The minimum absolute atomic E-state index is 0.0982. The van der Waals surface area contributed by atoms with Gasteiger partial charge in [-0.25, -0.2) is 8.78 Å². The van der Waals surface area contributed by atoms with Gasteiger partial charge in [0.2, 0.25) is 0 Å². The molecule has 1 aromatic carbocycles. The van der Waals surface area contributed by atoms with Crippen molar-refractivity contribution in [2.24, 2.45) is 0 Å². The van der Waals surface area contributed by atoms with Crippen LogP contribution in [0.2, 0.25) is 0 Å². The minimum atomic E-state index is -0.651. The van der Waals surface area contributed by atoms with Crippen LogP contribution in [-0.2, 0) is 17.7 Å². The molecule has 3 heterocycles. The number of carbonyl (C=O) groups is 1. The van der Waals surface area contributed by atoms with E-state index in [4.69, 9.17) is 4.74 Å². The van der Waals surface area contributed by atoms with Crippen LogP contribution in [0.1, 0.15) is 40.6 Å². The van der Waals surface area contributed by atoms with E-state index >= 15 is 0 Å². The van der Waals surface area contributed by atoms with Crippen LogP contribution in [0.4, 0.5) is 8.78 Å². The van der Waals surface area contributed by atoms with Gasteiger partial charge in [-0.1, -0.05) is 6.07 Å². The fourth-order valence-electron chi connectivity index (χ4n) is 3.55. The number of hydrogen-bond acceptors (Lipinski definition) is 3. The van der Waals surface area contributed by atoms with Gasteiger partial charge in [-0.3, -0.25) is 9.48 Å². The lowest BCUT2D eigenvalue weighted by molar-refractivity contribution is -0.0244. The largest absolute Gasteiger partial charge is 0.370 e. The van der Waals surface area contributed by atoms with Gasteiger partial charge in [-0.2, -0.15) is 5.10 Å². The Balaban J connectivity index is 1.55. The highest BCUT2D eigenvalue weighted by Crippen LogP contribution is 2.27. The van der Waals surface area contributed by atoms with E-state index in [1.54, 1.807) is 11.1 Å². The van der Waals surface area contributed by atoms with Crippen molar-refractivity contribution >= 4 is 5.91 Å². The molecular weight excluding hydrogens is 328 g/mol. The van der Waals surface area contributed by atoms with E-state index in [0.29, 0.717) is 18.7 Å². The molecule has 0 N–H and O–H groups in total. The van der Waals surface area contributed by atoms with E-state index in [0.717, 1.165) is 37.6 Å². The fraction of sp³-hybridized carbons (Fsp3) is 0.444. The van der Waals surface area contributed by atoms with Gasteiger partial charge in [-0.15, -0.1) is 0 Å². The second kappa shape index (κ2) is 6.55. The van der Waals surface area contributed by atoms with Gasteiger partial charge >= 0.3 is 0 Å². The highest BCUT2D eigenvalue weighted by atomic mass is 19.1. The Bertz CT molecular complexity index is 806. The molecular formula is C18H19F2N3O2. The molecule has 1 fully saturated rings. The Kier molecular flexibility index (Phi) is 4.25. The summed E-state index contributed by atoms with van der Waals surface area (Å²) in [5.74, 6) is -1.38. The van der Waals surface area contributed by atoms with E-state index in [1.165, 1.54) is 12.1 Å². The first-order valence-corrected chi connectivity index (χ1v) is 8.54. The molecule has 132 valence electrons. The SMILES string of the molecule is O=C(c1cnn2c1CCCC2)N1CCOC(c2ccc(F)cc2F)C1. The van der Waals surface area contributed by atoms with Gasteiger partial charge < -0.3 is 9.64 Å². The molecule has 0 aliphatic carbocycles. The zero-order valence-corrected chi connectivity index (χ0v) is 13.8. The Labute approximate surface area is 144 Å². The number of morpholine rings is 1. The molecule has 0 spiro atoms. The smallest absolute Gasteiger partial charge is 0.257 e. The van der Waals surface area contributed by atoms with Crippen LogP contribution in [0.25, 0.3) is 0 Å². The van der Waals surface area contributed by atoms with Crippen molar-refractivity contribution in [3.8, 4) is 0 Å². The summed E-state index contributed by atoms with van der Waals surface area (Å²) in [6.45, 7) is 1.85. The average Bonchev–Trinajstić information content (AvgIpc) is 3.05. The molecule has 1 unspecified atom stereocenters. The molecule has 0 bridgehead atoms. The molecule has 1 amide bonds. The molecule has 1 saturated heterocycles. The summed E-state index contributed by atoms with van der Waals surface area (Å²) in [4.78, 5) is 14.6. The van der Waals surface area contributed by atoms with E-state index in [1.807, 2.05) is 4.68 Å². The first-order valence-electron chi connectivity index (χ1n) is 8.54. The number of benzene rings is 1. The van der Waals surface area contributed by atoms with E-state index in [-0.39, 0.29) is 18.0 Å². The topological polar surface area (TPSA) is 47.4 Å². The van der Waals surface area contributed by atoms with Crippen LogP contribution in [0.3, 0.4) is 0 Å². The first kappa shape index (κ1) is 16.2. The summed E-state index contributed by atoms with van der Waals surface area (Å²) >= 11 is 0. The van der Waals surface area contributed by atoms with Crippen molar-refractivity contribution in [3.63, 3.8) is 0 Å². The molecule has 25 heavy (non-hydrogen) atoms. The molecule has 5 nitrogen and oxygen atoms in total. The second-order valence-corrected chi connectivity index (χ2v) is 6.46. The number of ether oxygens (including phenoxy) is 1. The summed E-state index contributed by atoms with van der Waals surface area (Å²) in [5, 5.41) is 4.31. The van der Waals surface area contributed by atoms with Crippen LogP contribution in [0.5, 0.6) is 0 Å². The molecule has 2 aliphatic heterocycles. The monoisotopic (exact) mass is 347 g/mol. The Morgan fingerprint density at radius 1 is 1.24 bits per heavy atom. The highest BCUT2D eigenvalue weighted by molar-refractivity contribution is 5.95. The van der Waals surface area contributed by atoms with Crippen molar-refractivity contribution in [1.82, 2.24) is 14.7 Å². The zero-order chi connectivity index (χ0) is 17.4. The van der Waals surface area contributed by atoms with Gasteiger partial charge in [-0.05, 0) is 25.3 Å². The molecule has 2 aromatic rings. The Morgan fingerprint density at radius 3 is 2.96 bits per heavy atom. The third-order valence-corrected chi connectivity index (χ3v) is 4.88. The lowest BCUT2D eigenvalue weighted by Gasteiger charge is -2.33. The Morgan fingerprint density at radius 2 is 2.12 bits per heavy atom. The van der Waals surface area contributed by atoms with E-state index in [2.05, 4.69) is 5.10 Å². The van der Waals surface area contributed by atoms with Crippen molar-refractivity contribution in [2.45, 2.75) is 31.9 Å². The van der Waals surface area contributed by atoms with Crippen LogP contribution in [-0.4, -0.2) is 40.3 Å². The predicted molar refractivity (Wildman–Crippen MR) is 86.1 cm³/mol. The van der Waals surface area contributed by atoms with Crippen LogP contribution >= 0.6 is 0 Å². The van der Waals surface area contributed by atoms with Gasteiger partial charge in [0.15, 0.2) is 0 Å². The summed E-state index contributed by atoms with van der Waals surface area (Å²) in [5.41, 5.74) is 1.88. The summed E-state index contributed by atoms with van der Waals surface area (Å²) < 4.78 is 34.7. The quantitative estimate of drug-likeness (QED) is 0.839. The number of aryl methyl sites for hydroxylation is 1. The number of amides is 1. The van der Waals surface area contributed by atoms with Crippen molar-refractivity contribution in [1.29, 1.82) is 0 Å². The molecule has 0 saturated carbocycles. The maximum absolute atomic E-state index is 14.0. The van der Waals surface area contributed by atoms with Crippen LogP contribution in [0.15, 0.2) is 24.4 Å². The van der Waals surface area contributed by atoms with Gasteiger partial charge in [0.25, 0.3) is 5.91 Å². The summed E-state index contributed by atoms with van der Waals surface area (Å²) in [6.07, 6.45) is 4.02. The number of rotatable bonds is 2. The van der Waals surface area contributed by atoms with Crippen LogP contribution in [0, 0.1) is 11.6 Å². The lowest BCUT2D eigenvalue weighted by atomic mass is 10.0.